The molecule has 2 saturated heterocycles. The van der Waals surface area contributed by atoms with Gasteiger partial charge in [0, 0.05) is 5.75 Å². The van der Waals surface area contributed by atoms with E-state index in [9.17, 15) is 4.79 Å². The number of carbonyl (C=O) groups excluding carboxylic acids is 1. The molecule has 0 saturated carbocycles. The van der Waals surface area contributed by atoms with Crippen molar-refractivity contribution in [1.82, 2.24) is 0 Å². The number of carbonyl (C=O) groups is 1. The van der Waals surface area contributed by atoms with Gasteiger partial charge in [-0.1, -0.05) is 30.3 Å². The first-order chi connectivity index (χ1) is 8.29. The number of hydrogen-bond donors (Lipinski definition) is 0. The minimum atomic E-state index is -0.418. The predicted molar refractivity (Wildman–Crippen MR) is 65.9 cm³/mol. The first-order valence-electron chi connectivity index (χ1n) is 5.80. The number of thioether (sulfide) groups is 1. The molecular formula is C13H14O3S. The highest BCUT2D eigenvalue weighted by molar-refractivity contribution is 8.07. The van der Waals surface area contributed by atoms with E-state index in [-0.39, 0.29) is 5.97 Å². The van der Waals surface area contributed by atoms with Crippen LogP contribution in [0.1, 0.15) is 12.5 Å². The number of hydrogen-bond acceptors (Lipinski definition) is 4. The molecule has 0 amide bonds. The van der Waals surface area contributed by atoms with Gasteiger partial charge in [0.25, 0.3) is 0 Å². The summed E-state index contributed by atoms with van der Waals surface area (Å²) in [5.41, 5.74) is 0.672. The lowest BCUT2D eigenvalue weighted by atomic mass is 9.92. The van der Waals surface area contributed by atoms with Crippen molar-refractivity contribution in [3.05, 3.63) is 35.9 Å². The van der Waals surface area contributed by atoms with E-state index in [1.54, 1.807) is 0 Å². The van der Waals surface area contributed by atoms with Crippen LogP contribution in [-0.4, -0.2) is 29.7 Å². The number of ether oxygens (including phenoxy) is 2. The Morgan fingerprint density at radius 3 is 2.82 bits per heavy atom. The van der Waals surface area contributed by atoms with E-state index in [2.05, 4.69) is 0 Å². The minimum absolute atomic E-state index is 0.233. The van der Waals surface area contributed by atoms with E-state index in [0.29, 0.717) is 11.9 Å². The molecule has 1 aromatic carbocycles. The van der Waals surface area contributed by atoms with Gasteiger partial charge in [0.05, 0.1) is 11.9 Å². The van der Waals surface area contributed by atoms with Crippen molar-refractivity contribution in [2.24, 2.45) is 0 Å². The smallest absolute Gasteiger partial charge is 0.338 e. The molecule has 0 aliphatic carbocycles. The van der Waals surface area contributed by atoms with Gasteiger partial charge in [0.2, 0.25) is 0 Å². The van der Waals surface area contributed by atoms with Crippen molar-refractivity contribution < 1.29 is 14.3 Å². The van der Waals surface area contributed by atoms with Crippen molar-refractivity contribution >= 4 is 17.7 Å². The van der Waals surface area contributed by atoms with Crippen LogP contribution in [-0.2, 0) is 19.9 Å². The van der Waals surface area contributed by atoms with Crippen LogP contribution >= 0.6 is 11.8 Å². The Labute approximate surface area is 104 Å². The fourth-order valence-electron chi connectivity index (χ4n) is 2.25. The summed E-state index contributed by atoms with van der Waals surface area (Å²) in [4.78, 5) is 11.8. The lowest BCUT2D eigenvalue weighted by Crippen LogP contribution is -2.25. The lowest BCUT2D eigenvalue weighted by molar-refractivity contribution is -0.144. The van der Waals surface area contributed by atoms with E-state index < -0.39 is 11.7 Å². The van der Waals surface area contributed by atoms with Crippen molar-refractivity contribution in [3.8, 4) is 0 Å². The molecule has 3 unspecified atom stereocenters. The van der Waals surface area contributed by atoms with Crippen LogP contribution < -0.4 is 0 Å². The Hall–Kier alpha value is -1.00. The first-order valence-corrected chi connectivity index (χ1v) is 6.85. The predicted octanol–water partition coefficient (Wildman–Crippen LogP) is 1.96. The quantitative estimate of drug-likeness (QED) is 0.605. The topological polar surface area (TPSA) is 38.8 Å². The van der Waals surface area contributed by atoms with Crippen LogP contribution in [0, 0.1) is 0 Å². The fourth-order valence-corrected chi connectivity index (χ4v) is 3.15. The average molecular weight is 250 g/mol. The highest BCUT2D eigenvalue weighted by atomic mass is 32.2. The first kappa shape index (κ1) is 11.1. The van der Waals surface area contributed by atoms with Crippen LogP contribution in [0.25, 0.3) is 0 Å². The van der Waals surface area contributed by atoms with Gasteiger partial charge in [-0.25, -0.2) is 4.79 Å². The fraction of sp³-hybridized carbons (Fsp3) is 0.462. The molecule has 1 aromatic rings. The molecule has 2 aliphatic heterocycles. The SMILES string of the molecule is CCOC(=O)C1OC1(c1ccccc1)C1CS1. The molecule has 0 radical (unpaired) electrons. The molecular weight excluding hydrogens is 236 g/mol. The Morgan fingerprint density at radius 1 is 1.53 bits per heavy atom. The zero-order chi connectivity index (χ0) is 11.9. The van der Waals surface area contributed by atoms with Gasteiger partial charge in [-0.05, 0) is 12.5 Å². The third-order valence-corrected chi connectivity index (χ3v) is 4.20. The van der Waals surface area contributed by atoms with Crippen molar-refractivity contribution in [2.75, 3.05) is 12.4 Å². The van der Waals surface area contributed by atoms with Crippen LogP contribution in [0.4, 0.5) is 0 Å². The molecule has 3 rings (SSSR count). The zero-order valence-electron chi connectivity index (χ0n) is 9.59. The van der Waals surface area contributed by atoms with Gasteiger partial charge in [-0.2, -0.15) is 11.8 Å². The molecule has 2 aliphatic rings. The highest BCUT2D eigenvalue weighted by Crippen LogP contribution is 2.59. The van der Waals surface area contributed by atoms with Gasteiger partial charge in [0.15, 0.2) is 6.10 Å². The molecule has 0 bridgehead atoms. The van der Waals surface area contributed by atoms with Gasteiger partial charge >= 0.3 is 5.97 Å². The van der Waals surface area contributed by atoms with Crippen LogP contribution in [0.3, 0.4) is 0 Å². The second-order valence-corrected chi connectivity index (χ2v) is 5.47. The van der Waals surface area contributed by atoms with Gasteiger partial charge in [-0.15, -0.1) is 0 Å². The molecule has 4 heteroatoms. The van der Waals surface area contributed by atoms with E-state index in [1.807, 2.05) is 49.0 Å². The second-order valence-electron chi connectivity index (χ2n) is 4.23. The summed E-state index contributed by atoms with van der Waals surface area (Å²) < 4.78 is 10.8. The van der Waals surface area contributed by atoms with E-state index in [1.165, 1.54) is 0 Å². The van der Waals surface area contributed by atoms with Crippen molar-refractivity contribution in [3.63, 3.8) is 0 Å². The largest absolute Gasteiger partial charge is 0.464 e. The number of benzene rings is 1. The maximum absolute atomic E-state index is 11.8. The molecule has 2 heterocycles. The maximum atomic E-state index is 11.8. The normalized spacial score (nSPS) is 34.2. The lowest BCUT2D eigenvalue weighted by Gasteiger charge is -2.10. The van der Waals surface area contributed by atoms with Crippen molar-refractivity contribution in [2.45, 2.75) is 23.9 Å². The Kier molecular flexibility index (Phi) is 2.64. The Morgan fingerprint density at radius 2 is 2.24 bits per heavy atom. The van der Waals surface area contributed by atoms with Gasteiger partial charge in [-0.3, -0.25) is 0 Å². The van der Waals surface area contributed by atoms with Crippen molar-refractivity contribution in [1.29, 1.82) is 0 Å². The molecule has 0 spiro atoms. The summed E-state index contributed by atoms with van der Waals surface area (Å²) in [6.07, 6.45) is -0.412. The summed E-state index contributed by atoms with van der Waals surface area (Å²) in [5, 5.41) is 0.402. The van der Waals surface area contributed by atoms with Crippen LogP contribution in [0.5, 0.6) is 0 Å². The number of epoxide rings is 1. The zero-order valence-corrected chi connectivity index (χ0v) is 10.4. The third-order valence-electron chi connectivity index (χ3n) is 3.18. The minimum Gasteiger partial charge on any atom is -0.464 e. The summed E-state index contributed by atoms with van der Waals surface area (Å²) in [7, 11) is 0. The number of esters is 1. The Balaban J connectivity index is 1.86. The van der Waals surface area contributed by atoms with E-state index in [4.69, 9.17) is 9.47 Å². The maximum Gasteiger partial charge on any atom is 0.338 e. The standard InChI is InChI=1S/C13H14O3S/c1-2-15-12(14)11-13(16-11,10-8-17-10)9-6-4-3-5-7-9/h3-7,10-11H,2,8H2,1H3. The van der Waals surface area contributed by atoms with E-state index >= 15 is 0 Å². The van der Waals surface area contributed by atoms with Gasteiger partial charge < -0.3 is 9.47 Å². The molecule has 0 aromatic heterocycles. The molecule has 2 fully saturated rings. The highest BCUT2D eigenvalue weighted by Gasteiger charge is 2.70. The third kappa shape index (κ3) is 1.76. The molecule has 0 N–H and O–H groups in total. The number of rotatable bonds is 4. The summed E-state index contributed by atoms with van der Waals surface area (Å²) in [6.45, 7) is 2.22. The molecule has 90 valence electrons. The van der Waals surface area contributed by atoms with Gasteiger partial charge in [0.1, 0.15) is 5.60 Å². The second kappa shape index (κ2) is 4.03. The molecule has 3 atom stereocenters. The average Bonchev–Trinajstić information content (AvgIpc) is 3.22. The Bertz CT molecular complexity index is 430. The summed E-state index contributed by atoms with van der Waals surface area (Å²) in [6, 6.07) is 9.98. The summed E-state index contributed by atoms with van der Waals surface area (Å²) in [5.74, 6) is 0.828. The van der Waals surface area contributed by atoms with Crippen LogP contribution in [0.2, 0.25) is 0 Å². The molecule has 17 heavy (non-hydrogen) atoms. The van der Waals surface area contributed by atoms with Crippen LogP contribution in [0.15, 0.2) is 30.3 Å². The monoisotopic (exact) mass is 250 g/mol. The summed E-state index contributed by atoms with van der Waals surface area (Å²) >= 11 is 1.84. The van der Waals surface area contributed by atoms with E-state index in [0.717, 1.165) is 11.3 Å². The molecule has 3 nitrogen and oxygen atoms in total.